The predicted molar refractivity (Wildman–Crippen MR) is 80.2 cm³/mol. The Bertz CT molecular complexity index is 582. The Morgan fingerprint density at radius 1 is 0.905 bits per heavy atom. The number of benzene rings is 1. The highest BCUT2D eigenvalue weighted by atomic mass is 16.5. The Balaban J connectivity index is 2.20. The average molecular weight is 289 g/mol. The first-order chi connectivity index (χ1) is 10.2. The lowest BCUT2D eigenvalue weighted by molar-refractivity contribution is 0.393. The summed E-state index contributed by atoms with van der Waals surface area (Å²) in [5.74, 6) is 2.84. The molecule has 0 saturated carbocycles. The molecule has 2 rings (SSSR count). The van der Waals surface area contributed by atoms with Gasteiger partial charge in [-0.05, 0) is 17.7 Å². The molecule has 0 saturated heterocycles. The van der Waals surface area contributed by atoms with Crippen LogP contribution in [0.4, 0.5) is 5.82 Å². The van der Waals surface area contributed by atoms with Gasteiger partial charge in [-0.1, -0.05) is 0 Å². The minimum Gasteiger partial charge on any atom is -0.497 e. The topological polar surface area (TPSA) is 56.7 Å². The lowest BCUT2D eigenvalue weighted by atomic mass is 10.2. The van der Waals surface area contributed by atoms with Gasteiger partial charge in [0.1, 0.15) is 23.6 Å². The molecule has 0 amide bonds. The van der Waals surface area contributed by atoms with Crippen molar-refractivity contribution in [3.05, 3.63) is 36.2 Å². The molecule has 0 atom stereocenters. The van der Waals surface area contributed by atoms with Crippen molar-refractivity contribution in [1.29, 1.82) is 0 Å². The van der Waals surface area contributed by atoms with Gasteiger partial charge in [-0.15, -0.1) is 0 Å². The molecule has 0 aliphatic heterocycles. The van der Waals surface area contributed by atoms with E-state index in [0.29, 0.717) is 12.4 Å². The fourth-order valence-corrected chi connectivity index (χ4v) is 1.96. The number of hydrogen-bond acceptors (Lipinski definition) is 6. The Morgan fingerprint density at radius 3 is 2.14 bits per heavy atom. The second-order valence-corrected chi connectivity index (χ2v) is 4.50. The molecular formula is C15H19N3O3. The lowest BCUT2D eigenvalue weighted by Crippen LogP contribution is -2.18. The lowest BCUT2D eigenvalue weighted by Gasteiger charge is -2.19. The third kappa shape index (κ3) is 3.75. The van der Waals surface area contributed by atoms with Crippen LogP contribution in [-0.2, 0) is 6.54 Å². The summed E-state index contributed by atoms with van der Waals surface area (Å²) in [4.78, 5) is 10.2. The van der Waals surface area contributed by atoms with Crippen LogP contribution in [0.25, 0.3) is 0 Å². The van der Waals surface area contributed by atoms with Crippen molar-refractivity contribution in [3.63, 3.8) is 0 Å². The highest BCUT2D eigenvalue weighted by molar-refractivity contribution is 5.44. The second kappa shape index (κ2) is 6.78. The van der Waals surface area contributed by atoms with Gasteiger partial charge >= 0.3 is 0 Å². The van der Waals surface area contributed by atoms with Gasteiger partial charge in [-0.25, -0.2) is 9.97 Å². The largest absolute Gasteiger partial charge is 0.497 e. The fourth-order valence-electron chi connectivity index (χ4n) is 1.96. The van der Waals surface area contributed by atoms with E-state index in [-0.39, 0.29) is 0 Å². The first kappa shape index (κ1) is 14.9. The van der Waals surface area contributed by atoms with Crippen molar-refractivity contribution >= 4 is 5.82 Å². The molecule has 1 aromatic heterocycles. The molecule has 1 heterocycles. The van der Waals surface area contributed by atoms with Crippen LogP contribution in [0.15, 0.2) is 30.6 Å². The van der Waals surface area contributed by atoms with E-state index in [1.807, 2.05) is 30.1 Å². The summed E-state index contributed by atoms with van der Waals surface area (Å²) in [5.41, 5.74) is 1.06. The summed E-state index contributed by atoms with van der Waals surface area (Å²) < 4.78 is 15.7. The van der Waals surface area contributed by atoms with Crippen LogP contribution in [0.5, 0.6) is 17.4 Å². The van der Waals surface area contributed by atoms with Crippen molar-refractivity contribution in [2.45, 2.75) is 6.54 Å². The molecule has 0 spiro atoms. The first-order valence-corrected chi connectivity index (χ1v) is 6.45. The quantitative estimate of drug-likeness (QED) is 0.812. The standard InChI is InChI=1S/C15H19N3O3/c1-18(14-8-15(21-4)17-10-16-14)9-11-5-12(19-2)7-13(6-11)20-3/h5-8,10H,9H2,1-4H3. The Kier molecular flexibility index (Phi) is 4.81. The maximum Gasteiger partial charge on any atom is 0.218 e. The van der Waals surface area contributed by atoms with Crippen LogP contribution in [0, 0.1) is 0 Å². The molecular weight excluding hydrogens is 270 g/mol. The first-order valence-electron chi connectivity index (χ1n) is 6.45. The van der Waals surface area contributed by atoms with E-state index in [1.54, 1.807) is 27.4 Å². The SMILES string of the molecule is COc1cc(CN(C)c2cc(OC)ncn2)cc(OC)c1. The number of aromatic nitrogens is 2. The Hall–Kier alpha value is -2.50. The Morgan fingerprint density at radius 2 is 1.57 bits per heavy atom. The molecule has 6 nitrogen and oxygen atoms in total. The van der Waals surface area contributed by atoms with E-state index in [9.17, 15) is 0 Å². The van der Waals surface area contributed by atoms with Crippen LogP contribution in [0.3, 0.4) is 0 Å². The van der Waals surface area contributed by atoms with Crippen LogP contribution in [0.2, 0.25) is 0 Å². The summed E-state index contributed by atoms with van der Waals surface area (Å²) in [6.07, 6.45) is 1.48. The van der Waals surface area contributed by atoms with E-state index in [1.165, 1.54) is 6.33 Å². The van der Waals surface area contributed by atoms with E-state index < -0.39 is 0 Å². The zero-order valence-corrected chi connectivity index (χ0v) is 12.7. The number of nitrogens with zero attached hydrogens (tertiary/aromatic N) is 3. The summed E-state index contributed by atoms with van der Waals surface area (Å²) in [7, 11) is 6.81. The molecule has 2 aromatic rings. The smallest absolute Gasteiger partial charge is 0.218 e. The van der Waals surface area contributed by atoms with Crippen LogP contribution >= 0.6 is 0 Å². The molecule has 6 heteroatoms. The van der Waals surface area contributed by atoms with E-state index in [4.69, 9.17) is 14.2 Å². The van der Waals surface area contributed by atoms with Gasteiger partial charge in [-0.3, -0.25) is 0 Å². The number of rotatable bonds is 6. The van der Waals surface area contributed by atoms with Crippen LogP contribution in [0.1, 0.15) is 5.56 Å². The molecule has 0 aliphatic rings. The summed E-state index contributed by atoms with van der Waals surface area (Å²) in [6, 6.07) is 7.57. The maximum atomic E-state index is 5.28. The van der Waals surface area contributed by atoms with E-state index in [0.717, 1.165) is 22.9 Å². The van der Waals surface area contributed by atoms with E-state index >= 15 is 0 Å². The summed E-state index contributed by atoms with van der Waals surface area (Å²) >= 11 is 0. The highest BCUT2D eigenvalue weighted by Gasteiger charge is 2.08. The highest BCUT2D eigenvalue weighted by Crippen LogP contribution is 2.24. The van der Waals surface area contributed by atoms with E-state index in [2.05, 4.69) is 9.97 Å². The summed E-state index contributed by atoms with van der Waals surface area (Å²) in [6.45, 7) is 0.660. The van der Waals surface area contributed by atoms with Crippen molar-refractivity contribution < 1.29 is 14.2 Å². The molecule has 0 N–H and O–H groups in total. The van der Waals surface area contributed by atoms with Crippen molar-refractivity contribution in [2.24, 2.45) is 0 Å². The molecule has 0 bridgehead atoms. The van der Waals surface area contributed by atoms with Gasteiger partial charge in [0, 0.05) is 25.7 Å². The zero-order chi connectivity index (χ0) is 15.2. The number of anilines is 1. The monoisotopic (exact) mass is 289 g/mol. The van der Waals surface area contributed by atoms with Gasteiger partial charge < -0.3 is 19.1 Å². The molecule has 0 unspecified atom stereocenters. The average Bonchev–Trinajstić information content (AvgIpc) is 2.54. The van der Waals surface area contributed by atoms with Crippen molar-refractivity contribution in [3.8, 4) is 17.4 Å². The normalized spacial score (nSPS) is 10.1. The zero-order valence-electron chi connectivity index (χ0n) is 12.7. The summed E-state index contributed by atoms with van der Waals surface area (Å²) in [5, 5.41) is 0. The van der Waals surface area contributed by atoms with Crippen LogP contribution in [-0.4, -0.2) is 38.3 Å². The molecule has 1 aromatic carbocycles. The minimum absolute atomic E-state index is 0.537. The molecule has 0 fully saturated rings. The number of hydrogen-bond donors (Lipinski definition) is 0. The maximum absolute atomic E-state index is 5.28. The minimum atomic E-state index is 0.537. The molecule has 0 radical (unpaired) electrons. The van der Waals surface area contributed by atoms with Crippen molar-refractivity contribution in [1.82, 2.24) is 9.97 Å². The second-order valence-electron chi connectivity index (χ2n) is 4.50. The predicted octanol–water partition coefficient (Wildman–Crippen LogP) is 2.14. The third-order valence-electron chi connectivity index (χ3n) is 3.06. The van der Waals surface area contributed by atoms with Gasteiger partial charge in [0.05, 0.1) is 21.3 Å². The van der Waals surface area contributed by atoms with Crippen molar-refractivity contribution in [2.75, 3.05) is 33.3 Å². The molecule has 112 valence electrons. The number of methoxy groups -OCH3 is 3. The Labute approximate surface area is 124 Å². The third-order valence-corrected chi connectivity index (χ3v) is 3.06. The fraction of sp³-hybridized carbons (Fsp3) is 0.333. The van der Waals surface area contributed by atoms with Gasteiger partial charge in [0.25, 0.3) is 0 Å². The van der Waals surface area contributed by atoms with Gasteiger partial charge in [0.2, 0.25) is 5.88 Å². The molecule has 0 aliphatic carbocycles. The van der Waals surface area contributed by atoms with Gasteiger partial charge in [-0.2, -0.15) is 0 Å². The molecule has 21 heavy (non-hydrogen) atoms. The van der Waals surface area contributed by atoms with Gasteiger partial charge in [0.15, 0.2) is 0 Å². The van der Waals surface area contributed by atoms with Crippen LogP contribution < -0.4 is 19.1 Å². The number of ether oxygens (including phenoxy) is 3.